The molecule has 100 valence electrons. The number of aryl methyl sites for hydroxylation is 1. The Balaban J connectivity index is 1.92. The maximum absolute atomic E-state index is 5.56. The van der Waals surface area contributed by atoms with Crippen LogP contribution in [0.2, 0.25) is 0 Å². The molecule has 2 aromatic heterocycles. The number of anilines is 1. The minimum Gasteiger partial charge on any atom is -0.467 e. The van der Waals surface area contributed by atoms with Crippen molar-refractivity contribution >= 4 is 5.69 Å². The molecular weight excluding hydrogens is 248 g/mol. The summed E-state index contributed by atoms with van der Waals surface area (Å²) in [4.78, 5) is 4.31. The van der Waals surface area contributed by atoms with Crippen molar-refractivity contribution in [1.82, 2.24) is 4.98 Å². The molecule has 0 spiro atoms. The van der Waals surface area contributed by atoms with Crippen molar-refractivity contribution in [1.29, 1.82) is 0 Å². The van der Waals surface area contributed by atoms with E-state index in [1.807, 2.05) is 55.6 Å². The molecule has 0 amide bonds. The molecule has 0 bridgehead atoms. The van der Waals surface area contributed by atoms with Gasteiger partial charge in [0, 0.05) is 5.69 Å². The molecule has 0 aliphatic carbocycles. The number of aromatic nitrogens is 1. The van der Waals surface area contributed by atoms with E-state index < -0.39 is 0 Å². The number of rotatable bonds is 4. The van der Waals surface area contributed by atoms with Gasteiger partial charge >= 0.3 is 0 Å². The summed E-state index contributed by atoms with van der Waals surface area (Å²) in [6.07, 6.45) is 3.54. The van der Waals surface area contributed by atoms with Crippen LogP contribution in [-0.4, -0.2) is 4.98 Å². The number of hydrogen-bond donors (Lipinski definition) is 1. The van der Waals surface area contributed by atoms with Gasteiger partial charge in [-0.15, -0.1) is 0 Å². The molecule has 1 aromatic carbocycles. The van der Waals surface area contributed by atoms with E-state index in [1.54, 1.807) is 6.26 Å². The Morgan fingerprint density at radius 2 is 1.85 bits per heavy atom. The van der Waals surface area contributed by atoms with Crippen molar-refractivity contribution in [2.24, 2.45) is 0 Å². The van der Waals surface area contributed by atoms with E-state index in [0.717, 1.165) is 22.7 Å². The Hall–Kier alpha value is -2.55. The van der Waals surface area contributed by atoms with Gasteiger partial charge in [0.25, 0.3) is 0 Å². The van der Waals surface area contributed by atoms with Crippen LogP contribution in [0.4, 0.5) is 5.69 Å². The van der Waals surface area contributed by atoms with E-state index in [2.05, 4.69) is 22.4 Å². The van der Waals surface area contributed by atoms with Crippen LogP contribution in [0.25, 0.3) is 0 Å². The molecule has 1 N–H and O–H groups in total. The summed E-state index contributed by atoms with van der Waals surface area (Å²) in [6.45, 7) is 1.98. The van der Waals surface area contributed by atoms with Crippen LogP contribution in [0.1, 0.15) is 23.1 Å². The van der Waals surface area contributed by atoms with Gasteiger partial charge in [0.05, 0.1) is 18.1 Å². The van der Waals surface area contributed by atoms with Gasteiger partial charge in [-0.1, -0.05) is 30.3 Å². The highest BCUT2D eigenvalue weighted by Gasteiger charge is 2.16. The minimum atomic E-state index is -0.0179. The van der Waals surface area contributed by atoms with Gasteiger partial charge in [0.15, 0.2) is 0 Å². The highest BCUT2D eigenvalue weighted by molar-refractivity contribution is 5.46. The summed E-state index contributed by atoms with van der Waals surface area (Å²) in [5.74, 6) is 0.886. The monoisotopic (exact) mass is 264 g/mol. The zero-order chi connectivity index (χ0) is 13.8. The molecule has 0 fully saturated rings. The van der Waals surface area contributed by atoms with Crippen LogP contribution < -0.4 is 5.32 Å². The molecular formula is C17H16N2O. The summed E-state index contributed by atoms with van der Waals surface area (Å²) < 4.78 is 5.56. The maximum atomic E-state index is 5.56. The second-order valence-electron chi connectivity index (χ2n) is 4.69. The van der Waals surface area contributed by atoms with Gasteiger partial charge in [-0.2, -0.15) is 0 Å². The third kappa shape index (κ3) is 2.72. The normalized spacial score (nSPS) is 12.1. The van der Waals surface area contributed by atoms with Crippen molar-refractivity contribution in [3.8, 4) is 0 Å². The first-order valence-corrected chi connectivity index (χ1v) is 6.60. The lowest BCUT2D eigenvalue weighted by molar-refractivity contribution is 0.499. The van der Waals surface area contributed by atoms with E-state index in [1.165, 1.54) is 0 Å². The third-order valence-corrected chi connectivity index (χ3v) is 3.18. The number of nitrogens with one attached hydrogen (secondary N) is 1. The fraction of sp³-hybridized carbons (Fsp3) is 0.118. The molecule has 0 saturated heterocycles. The van der Waals surface area contributed by atoms with Gasteiger partial charge < -0.3 is 9.73 Å². The van der Waals surface area contributed by atoms with Crippen molar-refractivity contribution in [2.75, 3.05) is 5.32 Å². The lowest BCUT2D eigenvalue weighted by atomic mass is 10.0. The summed E-state index contributed by atoms with van der Waals surface area (Å²) in [6, 6.07) is 18.1. The second kappa shape index (κ2) is 5.61. The van der Waals surface area contributed by atoms with E-state index in [9.17, 15) is 0 Å². The average Bonchev–Trinajstić information content (AvgIpc) is 3.01. The number of benzene rings is 1. The van der Waals surface area contributed by atoms with Crippen LogP contribution in [-0.2, 0) is 0 Å². The zero-order valence-corrected chi connectivity index (χ0v) is 11.3. The molecule has 20 heavy (non-hydrogen) atoms. The Morgan fingerprint density at radius 3 is 2.50 bits per heavy atom. The smallest absolute Gasteiger partial charge is 0.130 e. The Labute approximate surface area is 118 Å². The van der Waals surface area contributed by atoms with Gasteiger partial charge in [-0.3, -0.25) is 4.98 Å². The number of hydrogen-bond acceptors (Lipinski definition) is 3. The lowest BCUT2D eigenvalue weighted by Gasteiger charge is -2.18. The standard InChI is InChI=1S/C17H16N2O/c1-13-9-10-15(12-18-13)19-17(16-8-5-11-20-16)14-6-3-2-4-7-14/h2-12,17,19H,1H3. The van der Waals surface area contributed by atoms with Crippen molar-refractivity contribution in [3.05, 3.63) is 84.1 Å². The van der Waals surface area contributed by atoms with E-state index >= 15 is 0 Å². The van der Waals surface area contributed by atoms with Crippen molar-refractivity contribution < 1.29 is 4.42 Å². The average molecular weight is 264 g/mol. The molecule has 2 heterocycles. The lowest BCUT2D eigenvalue weighted by Crippen LogP contribution is -2.11. The Bertz CT molecular complexity index is 645. The zero-order valence-electron chi connectivity index (χ0n) is 11.3. The molecule has 0 saturated carbocycles. The molecule has 3 nitrogen and oxygen atoms in total. The first kappa shape index (κ1) is 12.5. The quantitative estimate of drug-likeness (QED) is 0.768. The number of furan rings is 1. The fourth-order valence-electron chi connectivity index (χ4n) is 2.14. The third-order valence-electron chi connectivity index (χ3n) is 3.18. The Morgan fingerprint density at radius 1 is 1.00 bits per heavy atom. The van der Waals surface area contributed by atoms with E-state index in [-0.39, 0.29) is 6.04 Å². The SMILES string of the molecule is Cc1ccc(NC(c2ccccc2)c2ccco2)cn1. The van der Waals surface area contributed by atoms with E-state index in [4.69, 9.17) is 4.42 Å². The fourth-order valence-corrected chi connectivity index (χ4v) is 2.14. The summed E-state index contributed by atoms with van der Waals surface area (Å²) in [7, 11) is 0. The molecule has 0 radical (unpaired) electrons. The summed E-state index contributed by atoms with van der Waals surface area (Å²) >= 11 is 0. The molecule has 3 rings (SSSR count). The summed E-state index contributed by atoms with van der Waals surface area (Å²) in [5.41, 5.74) is 3.13. The maximum Gasteiger partial charge on any atom is 0.130 e. The highest BCUT2D eigenvalue weighted by atomic mass is 16.3. The first-order valence-electron chi connectivity index (χ1n) is 6.60. The molecule has 3 aromatic rings. The van der Waals surface area contributed by atoms with Gasteiger partial charge in [0.2, 0.25) is 0 Å². The van der Waals surface area contributed by atoms with Crippen LogP contribution >= 0.6 is 0 Å². The Kier molecular flexibility index (Phi) is 3.50. The van der Waals surface area contributed by atoms with Crippen molar-refractivity contribution in [3.63, 3.8) is 0 Å². The predicted molar refractivity (Wildman–Crippen MR) is 79.6 cm³/mol. The summed E-state index contributed by atoms with van der Waals surface area (Å²) in [5, 5.41) is 3.47. The minimum absolute atomic E-state index is 0.0179. The largest absolute Gasteiger partial charge is 0.467 e. The van der Waals surface area contributed by atoms with Crippen LogP contribution in [0.3, 0.4) is 0 Å². The van der Waals surface area contributed by atoms with Crippen LogP contribution in [0.5, 0.6) is 0 Å². The van der Waals surface area contributed by atoms with Gasteiger partial charge in [-0.25, -0.2) is 0 Å². The highest BCUT2D eigenvalue weighted by Crippen LogP contribution is 2.26. The molecule has 1 unspecified atom stereocenters. The molecule has 1 atom stereocenters. The predicted octanol–water partition coefficient (Wildman–Crippen LogP) is 4.18. The van der Waals surface area contributed by atoms with Crippen LogP contribution in [0.15, 0.2) is 71.5 Å². The molecule has 0 aliphatic rings. The molecule has 0 aliphatic heterocycles. The first-order chi connectivity index (χ1) is 9.83. The number of nitrogens with zero attached hydrogens (tertiary/aromatic N) is 1. The van der Waals surface area contributed by atoms with E-state index in [0.29, 0.717) is 0 Å². The topological polar surface area (TPSA) is 38.1 Å². The van der Waals surface area contributed by atoms with Gasteiger partial charge in [0.1, 0.15) is 11.8 Å². The molecule has 3 heteroatoms. The number of pyridine rings is 1. The van der Waals surface area contributed by atoms with Crippen molar-refractivity contribution in [2.45, 2.75) is 13.0 Å². The second-order valence-corrected chi connectivity index (χ2v) is 4.69. The van der Waals surface area contributed by atoms with Crippen LogP contribution in [0, 0.1) is 6.92 Å². The van der Waals surface area contributed by atoms with Gasteiger partial charge in [-0.05, 0) is 36.8 Å².